The number of hydrogen-bond donors (Lipinski definition) is 2. The summed E-state index contributed by atoms with van der Waals surface area (Å²) < 4.78 is 33.4. The van der Waals surface area contributed by atoms with E-state index in [1.807, 2.05) is 19.1 Å². The quantitative estimate of drug-likeness (QED) is 0.865. The Morgan fingerprint density at radius 3 is 2.91 bits per heavy atom. The van der Waals surface area contributed by atoms with E-state index in [1.165, 1.54) is 0 Å². The lowest BCUT2D eigenvalue weighted by molar-refractivity contribution is 0.342. The van der Waals surface area contributed by atoms with Crippen LogP contribution in [0.2, 0.25) is 0 Å². The number of ether oxygens (including phenoxy) is 1. The number of thioether (sulfide) groups is 1. The first-order chi connectivity index (χ1) is 11.1. The Labute approximate surface area is 140 Å². The molecule has 5 nitrogen and oxygen atoms in total. The van der Waals surface area contributed by atoms with Crippen molar-refractivity contribution < 1.29 is 13.2 Å². The van der Waals surface area contributed by atoms with Crippen molar-refractivity contribution in [1.82, 2.24) is 0 Å². The maximum absolute atomic E-state index is 12.6. The van der Waals surface area contributed by atoms with Crippen LogP contribution in [0.1, 0.15) is 6.92 Å². The lowest BCUT2D eigenvalue weighted by atomic mass is 10.3. The zero-order valence-electron chi connectivity index (χ0n) is 12.7. The fraction of sp³-hybridized carbons (Fsp3) is 0.250. The molecule has 122 valence electrons. The highest BCUT2D eigenvalue weighted by Crippen LogP contribution is 2.33. The van der Waals surface area contributed by atoms with E-state index in [9.17, 15) is 8.42 Å². The molecule has 0 aromatic heterocycles. The first-order valence-corrected chi connectivity index (χ1v) is 9.82. The van der Waals surface area contributed by atoms with Gasteiger partial charge in [-0.3, -0.25) is 4.72 Å². The third kappa shape index (κ3) is 3.56. The minimum absolute atomic E-state index is 0.234. The molecular formula is C16H18N2O3S2. The molecule has 3 rings (SSSR count). The van der Waals surface area contributed by atoms with Crippen molar-refractivity contribution in [2.24, 2.45) is 0 Å². The summed E-state index contributed by atoms with van der Waals surface area (Å²) in [5, 5.41) is 3.23. The predicted molar refractivity (Wildman–Crippen MR) is 94.1 cm³/mol. The van der Waals surface area contributed by atoms with Crippen LogP contribution in [0.3, 0.4) is 0 Å². The van der Waals surface area contributed by atoms with Crippen LogP contribution in [0.4, 0.5) is 11.4 Å². The van der Waals surface area contributed by atoms with Gasteiger partial charge in [-0.15, -0.1) is 11.8 Å². The number of anilines is 2. The van der Waals surface area contributed by atoms with E-state index in [4.69, 9.17) is 4.74 Å². The molecule has 0 unspecified atom stereocenters. The molecule has 0 fully saturated rings. The van der Waals surface area contributed by atoms with Gasteiger partial charge in [0.25, 0.3) is 10.0 Å². The molecule has 1 aliphatic heterocycles. The molecule has 1 aliphatic rings. The van der Waals surface area contributed by atoms with Gasteiger partial charge in [-0.05, 0) is 37.3 Å². The molecule has 0 radical (unpaired) electrons. The van der Waals surface area contributed by atoms with Gasteiger partial charge in [-0.1, -0.05) is 12.1 Å². The summed E-state index contributed by atoms with van der Waals surface area (Å²) in [6.07, 6.45) is 0. The number of para-hydroxylation sites is 2. The van der Waals surface area contributed by atoms with Gasteiger partial charge in [-0.25, -0.2) is 8.42 Å². The largest absolute Gasteiger partial charge is 0.492 e. The fourth-order valence-electron chi connectivity index (χ4n) is 2.32. The Morgan fingerprint density at radius 1 is 1.26 bits per heavy atom. The lowest BCUT2D eigenvalue weighted by Gasteiger charge is -2.18. The number of fused-ring (bicyclic) bond motifs is 1. The topological polar surface area (TPSA) is 67.4 Å². The van der Waals surface area contributed by atoms with E-state index in [1.54, 1.807) is 42.1 Å². The van der Waals surface area contributed by atoms with Gasteiger partial charge in [0, 0.05) is 22.9 Å². The van der Waals surface area contributed by atoms with Crippen LogP contribution in [0, 0.1) is 0 Å². The van der Waals surface area contributed by atoms with E-state index < -0.39 is 10.0 Å². The van der Waals surface area contributed by atoms with Crippen molar-refractivity contribution in [3.05, 3.63) is 42.5 Å². The molecule has 0 bridgehead atoms. The minimum Gasteiger partial charge on any atom is -0.492 e. The Hall–Kier alpha value is -1.86. The normalized spacial score (nSPS) is 13.8. The van der Waals surface area contributed by atoms with E-state index in [0.717, 1.165) is 22.9 Å². The first kappa shape index (κ1) is 16.0. The molecule has 2 aromatic carbocycles. The van der Waals surface area contributed by atoms with E-state index in [-0.39, 0.29) is 4.90 Å². The average Bonchev–Trinajstić information content (AvgIpc) is 2.56. The smallest absolute Gasteiger partial charge is 0.262 e. The van der Waals surface area contributed by atoms with Crippen LogP contribution in [0.25, 0.3) is 0 Å². The number of benzene rings is 2. The Kier molecular flexibility index (Phi) is 4.68. The van der Waals surface area contributed by atoms with Crippen LogP contribution in [0.15, 0.2) is 52.3 Å². The second kappa shape index (κ2) is 6.72. The Morgan fingerprint density at radius 2 is 2.09 bits per heavy atom. The summed E-state index contributed by atoms with van der Waals surface area (Å²) in [6.45, 7) is 3.17. The van der Waals surface area contributed by atoms with Gasteiger partial charge >= 0.3 is 0 Å². The second-order valence-corrected chi connectivity index (χ2v) is 7.79. The molecule has 7 heteroatoms. The molecule has 1 heterocycles. The highest BCUT2D eigenvalue weighted by molar-refractivity contribution is 7.99. The van der Waals surface area contributed by atoms with Gasteiger partial charge in [0.05, 0.1) is 17.2 Å². The van der Waals surface area contributed by atoms with Crippen LogP contribution >= 0.6 is 11.8 Å². The highest BCUT2D eigenvalue weighted by atomic mass is 32.2. The van der Waals surface area contributed by atoms with Crippen molar-refractivity contribution in [3.8, 4) is 5.75 Å². The van der Waals surface area contributed by atoms with Crippen molar-refractivity contribution in [2.45, 2.75) is 16.7 Å². The molecule has 0 saturated carbocycles. The monoisotopic (exact) mass is 350 g/mol. The summed E-state index contributed by atoms with van der Waals surface area (Å²) in [5.41, 5.74) is 1.30. The summed E-state index contributed by atoms with van der Waals surface area (Å²) in [7, 11) is -3.67. The summed E-state index contributed by atoms with van der Waals surface area (Å²) >= 11 is 1.72. The van der Waals surface area contributed by atoms with Gasteiger partial charge in [0.1, 0.15) is 5.75 Å². The number of sulfonamides is 1. The zero-order valence-corrected chi connectivity index (χ0v) is 14.3. The molecule has 0 aliphatic carbocycles. The molecule has 0 saturated heterocycles. The number of nitrogens with one attached hydrogen (secondary N) is 2. The molecular weight excluding hydrogens is 332 g/mol. The van der Waals surface area contributed by atoms with Crippen molar-refractivity contribution in [2.75, 3.05) is 28.9 Å². The molecule has 2 N–H and O–H groups in total. The number of hydrogen-bond acceptors (Lipinski definition) is 5. The summed E-state index contributed by atoms with van der Waals surface area (Å²) in [5.74, 6) is 1.50. The second-order valence-electron chi connectivity index (χ2n) is 4.97. The van der Waals surface area contributed by atoms with Crippen molar-refractivity contribution in [1.29, 1.82) is 0 Å². The van der Waals surface area contributed by atoms with Crippen LogP contribution in [0.5, 0.6) is 5.75 Å². The van der Waals surface area contributed by atoms with Gasteiger partial charge < -0.3 is 10.1 Å². The van der Waals surface area contributed by atoms with E-state index >= 15 is 0 Å². The zero-order chi connectivity index (χ0) is 16.3. The summed E-state index contributed by atoms with van der Waals surface area (Å²) in [6, 6.07) is 12.2. The average molecular weight is 350 g/mol. The molecule has 0 amide bonds. The highest BCUT2D eigenvalue weighted by Gasteiger charge is 2.19. The maximum Gasteiger partial charge on any atom is 0.262 e. The van der Waals surface area contributed by atoms with E-state index in [0.29, 0.717) is 18.0 Å². The maximum atomic E-state index is 12.6. The standard InChI is InChI=1S/C16H18N2O3S2/c1-2-21-15-6-4-3-5-13(15)18-23(19,20)12-7-8-16-14(11-12)17-9-10-22-16/h3-8,11,17-18H,2,9-10H2,1H3. The van der Waals surface area contributed by atoms with Crippen LogP contribution in [-0.2, 0) is 10.0 Å². The first-order valence-electron chi connectivity index (χ1n) is 7.35. The predicted octanol–water partition coefficient (Wildman–Crippen LogP) is 3.40. The van der Waals surface area contributed by atoms with Crippen molar-refractivity contribution in [3.63, 3.8) is 0 Å². The molecule has 23 heavy (non-hydrogen) atoms. The molecule has 2 aromatic rings. The van der Waals surface area contributed by atoms with Gasteiger partial charge in [-0.2, -0.15) is 0 Å². The fourth-order valence-corrected chi connectivity index (χ4v) is 4.29. The van der Waals surface area contributed by atoms with Crippen LogP contribution < -0.4 is 14.8 Å². The molecule has 0 atom stereocenters. The lowest BCUT2D eigenvalue weighted by Crippen LogP contribution is -2.16. The van der Waals surface area contributed by atoms with E-state index in [2.05, 4.69) is 10.0 Å². The van der Waals surface area contributed by atoms with Crippen LogP contribution in [-0.4, -0.2) is 27.3 Å². The van der Waals surface area contributed by atoms with Crippen molar-refractivity contribution >= 4 is 33.2 Å². The third-order valence-electron chi connectivity index (χ3n) is 3.37. The third-order valence-corrected chi connectivity index (χ3v) is 5.81. The minimum atomic E-state index is -3.67. The molecule has 0 spiro atoms. The number of rotatable bonds is 5. The SMILES string of the molecule is CCOc1ccccc1NS(=O)(=O)c1ccc2c(c1)NCCS2. The van der Waals surface area contributed by atoms with Gasteiger partial charge in [0.15, 0.2) is 0 Å². The Bertz CT molecular complexity index is 807. The van der Waals surface area contributed by atoms with Gasteiger partial charge in [0.2, 0.25) is 0 Å². The summed E-state index contributed by atoms with van der Waals surface area (Å²) in [4.78, 5) is 1.31. The Balaban J connectivity index is 1.90.